The van der Waals surface area contributed by atoms with E-state index < -0.39 is 0 Å². The Balaban J connectivity index is 3.68. The van der Waals surface area contributed by atoms with Crippen molar-refractivity contribution in [3.05, 3.63) is 12.2 Å². The van der Waals surface area contributed by atoms with Gasteiger partial charge < -0.3 is 5.32 Å². The first-order chi connectivity index (χ1) is 7.11. The van der Waals surface area contributed by atoms with Crippen LogP contribution in [0.15, 0.2) is 12.2 Å². The summed E-state index contributed by atoms with van der Waals surface area (Å²) in [6, 6.07) is 2.27. The minimum absolute atomic E-state index is 0.0652. The number of hydrogen-bond donors (Lipinski definition) is 1. The van der Waals surface area contributed by atoms with Crippen LogP contribution in [-0.2, 0) is 4.79 Å². The van der Waals surface area contributed by atoms with Crippen LogP contribution in [0.5, 0.6) is 0 Å². The van der Waals surface area contributed by atoms with Crippen LogP contribution >= 0.6 is 0 Å². The number of carbonyl (C=O) groups excluding carboxylic acids is 1. The first kappa shape index (κ1) is 13.7. The molecule has 3 heteroatoms. The average Bonchev–Trinajstić information content (AvgIpc) is 2.22. The zero-order valence-electron chi connectivity index (χ0n) is 9.68. The molecule has 0 rings (SSSR count). The Morgan fingerprint density at radius 1 is 1.53 bits per heavy atom. The molecule has 0 radical (unpaired) electrons. The van der Waals surface area contributed by atoms with Gasteiger partial charge in [-0.3, -0.25) is 4.79 Å². The molecule has 0 aromatic carbocycles. The minimum atomic E-state index is -0.123. The zero-order valence-corrected chi connectivity index (χ0v) is 9.68. The molecule has 0 aromatic heterocycles. The Morgan fingerprint density at radius 2 is 2.20 bits per heavy atom. The lowest BCUT2D eigenvalue weighted by atomic mass is 10.0. The molecular weight excluding hydrogens is 188 g/mol. The van der Waals surface area contributed by atoms with Crippen LogP contribution in [0.4, 0.5) is 0 Å². The maximum atomic E-state index is 11.1. The van der Waals surface area contributed by atoms with E-state index in [1.165, 1.54) is 0 Å². The third kappa shape index (κ3) is 6.73. The van der Waals surface area contributed by atoms with Gasteiger partial charge in [-0.05, 0) is 19.8 Å². The summed E-state index contributed by atoms with van der Waals surface area (Å²) in [4.78, 5) is 11.1. The van der Waals surface area contributed by atoms with Crippen LogP contribution in [0, 0.1) is 17.2 Å². The maximum absolute atomic E-state index is 11.1. The van der Waals surface area contributed by atoms with Gasteiger partial charge in [0.15, 0.2) is 0 Å². The van der Waals surface area contributed by atoms with E-state index in [1.807, 2.05) is 0 Å². The third-order valence-corrected chi connectivity index (χ3v) is 2.25. The second kappa shape index (κ2) is 8.05. The topological polar surface area (TPSA) is 52.9 Å². The highest BCUT2D eigenvalue weighted by Gasteiger charge is 2.07. The molecule has 0 aliphatic carbocycles. The van der Waals surface area contributed by atoms with Crippen LogP contribution in [0.25, 0.3) is 0 Å². The normalized spacial score (nSPS) is 11.5. The van der Waals surface area contributed by atoms with E-state index in [-0.39, 0.29) is 11.8 Å². The molecule has 0 fully saturated rings. The lowest BCUT2D eigenvalue weighted by Crippen LogP contribution is -2.26. The van der Waals surface area contributed by atoms with Crippen molar-refractivity contribution in [3.8, 4) is 6.07 Å². The Hall–Kier alpha value is -1.30. The van der Waals surface area contributed by atoms with Crippen molar-refractivity contribution < 1.29 is 4.79 Å². The summed E-state index contributed by atoms with van der Waals surface area (Å²) >= 11 is 0. The van der Waals surface area contributed by atoms with Crippen LogP contribution in [-0.4, -0.2) is 12.5 Å². The molecular formula is C12H20N2O. The highest BCUT2D eigenvalue weighted by molar-refractivity contribution is 5.91. The van der Waals surface area contributed by atoms with Crippen molar-refractivity contribution in [1.29, 1.82) is 5.26 Å². The van der Waals surface area contributed by atoms with Gasteiger partial charge in [-0.25, -0.2) is 0 Å². The number of nitrogens with zero attached hydrogens (tertiary/aromatic N) is 1. The van der Waals surface area contributed by atoms with E-state index in [4.69, 9.17) is 5.26 Å². The highest BCUT2D eigenvalue weighted by Crippen LogP contribution is 2.10. The Labute approximate surface area is 92.2 Å². The largest absolute Gasteiger partial charge is 0.352 e. The highest BCUT2D eigenvalue weighted by atomic mass is 16.1. The van der Waals surface area contributed by atoms with Gasteiger partial charge in [0.25, 0.3) is 0 Å². The fourth-order valence-corrected chi connectivity index (χ4v) is 1.23. The van der Waals surface area contributed by atoms with Crippen molar-refractivity contribution in [2.75, 3.05) is 6.54 Å². The van der Waals surface area contributed by atoms with Gasteiger partial charge in [0.2, 0.25) is 5.91 Å². The second-order valence-electron chi connectivity index (χ2n) is 3.79. The molecule has 0 spiro atoms. The SMILES string of the molecule is C=C(C)C(=O)NCCC(C#N)CCCC. The Kier molecular flexibility index (Phi) is 7.35. The van der Waals surface area contributed by atoms with E-state index in [1.54, 1.807) is 6.92 Å². The number of rotatable bonds is 7. The van der Waals surface area contributed by atoms with Gasteiger partial charge in [-0.1, -0.05) is 26.3 Å². The van der Waals surface area contributed by atoms with Crippen LogP contribution < -0.4 is 5.32 Å². The van der Waals surface area contributed by atoms with E-state index in [0.717, 1.165) is 25.7 Å². The monoisotopic (exact) mass is 208 g/mol. The fraction of sp³-hybridized carbons (Fsp3) is 0.667. The second-order valence-corrected chi connectivity index (χ2v) is 3.79. The first-order valence-corrected chi connectivity index (χ1v) is 5.45. The van der Waals surface area contributed by atoms with Gasteiger partial charge in [-0.15, -0.1) is 0 Å². The predicted octanol–water partition coefficient (Wildman–Crippen LogP) is 2.40. The Morgan fingerprint density at radius 3 is 2.67 bits per heavy atom. The average molecular weight is 208 g/mol. The van der Waals surface area contributed by atoms with E-state index in [2.05, 4.69) is 24.9 Å². The predicted molar refractivity (Wildman–Crippen MR) is 61.1 cm³/mol. The molecule has 1 amide bonds. The van der Waals surface area contributed by atoms with Gasteiger partial charge in [-0.2, -0.15) is 5.26 Å². The van der Waals surface area contributed by atoms with E-state index in [0.29, 0.717) is 12.1 Å². The molecule has 0 bridgehead atoms. The Bertz CT molecular complexity index is 253. The summed E-state index contributed by atoms with van der Waals surface area (Å²) in [6.07, 6.45) is 3.84. The number of amides is 1. The quantitative estimate of drug-likeness (QED) is 0.653. The molecule has 0 aromatic rings. The zero-order chi connectivity index (χ0) is 11.7. The van der Waals surface area contributed by atoms with Crippen LogP contribution in [0.2, 0.25) is 0 Å². The number of nitriles is 1. The smallest absolute Gasteiger partial charge is 0.246 e. The van der Waals surface area contributed by atoms with Crippen molar-refractivity contribution in [1.82, 2.24) is 5.32 Å². The van der Waals surface area contributed by atoms with Crippen molar-refractivity contribution >= 4 is 5.91 Å². The van der Waals surface area contributed by atoms with E-state index in [9.17, 15) is 4.79 Å². The molecule has 84 valence electrons. The molecule has 15 heavy (non-hydrogen) atoms. The molecule has 1 atom stereocenters. The molecule has 1 N–H and O–H groups in total. The number of unbranched alkanes of at least 4 members (excludes halogenated alkanes) is 1. The molecule has 0 aliphatic heterocycles. The van der Waals surface area contributed by atoms with Crippen LogP contribution in [0.3, 0.4) is 0 Å². The van der Waals surface area contributed by atoms with Crippen molar-refractivity contribution in [2.24, 2.45) is 5.92 Å². The third-order valence-electron chi connectivity index (χ3n) is 2.25. The standard InChI is InChI=1S/C12H20N2O/c1-4-5-6-11(9-13)7-8-14-12(15)10(2)3/h11H,2,4-8H2,1,3H3,(H,14,15). The molecule has 1 unspecified atom stereocenters. The van der Waals surface area contributed by atoms with Crippen molar-refractivity contribution in [3.63, 3.8) is 0 Å². The lowest BCUT2D eigenvalue weighted by molar-refractivity contribution is -0.117. The molecule has 0 saturated carbocycles. The summed E-state index contributed by atoms with van der Waals surface area (Å²) in [7, 11) is 0. The first-order valence-electron chi connectivity index (χ1n) is 5.45. The molecule has 3 nitrogen and oxygen atoms in total. The van der Waals surface area contributed by atoms with Gasteiger partial charge >= 0.3 is 0 Å². The maximum Gasteiger partial charge on any atom is 0.246 e. The molecule has 0 aliphatic rings. The van der Waals surface area contributed by atoms with Gasteiger partial charge in [0.05, 0.1) is 6.07 Å². The summed E-state index contributed by atoms with van der Waals surface area (Å²) < 4.78 is 0. The summed E-state index contributed by atoms with van der Waals surface area (Å²) in [5.41, 5.74) is 0.511. The van der Waals surface area contributed by atoms with Gasteiger partial charge in [0, 0.05) is 18.0 Å². The fourth-order valence-electron chi connectivity index (χ4n) is 1.23. The van der Waals surface area contributed by atoms with E-state index >= 15 is 0 Å². The number of nitrogens with one attached hydrogen (secondary N) is 1. The minimum Gasteiger partial charge on any atom is -0.352 e. The summed E-state index contributed by atoms with van der Waals surface area (Å²) in [5, 5.41) is 11.6. The molecule has 0 heterocycles. The van der Waals surface area contributed by atoms with Gasteiger partial charge in [0.1, 0.15) is 0 Å². The van der Waals surface area contributed by atoms with Crippen molar-refractivity contribution in [2.45, 2.75) is 39.5 Å². The lowest BCUT2D eigenvalue weighted by Gasteiger charge is -2.09. The number of carbonyl (C=O) groups is 1. The summed E-state index contributed by atoms with van der Waals surface area (Å²) in [6.45, 7) is 7.89. The van der Waals surface area contributed by atoms with Crippen LogP contribution in [0.1, 0.15) is 39.5 Å². The number of hydrogen-bond acceptors (Lipinski definition) is 2. The molecule has 0 saturated heterocycles. The summed E-state index contributed by atoms with van der Waals surface area (Å²) in [5.74, 6) is -0.0578.